The standard InChI is InChI=1S/C6H7NO4/c8-5(9)2-1-4-3-7-6(10)11-4/h3H,1-2H2,(H,7,10)(H,8,9). The molecule has 5 heteroatoms. The highest BCUT2D eigenvalue weighted by Gasteiger charge is 2.01. The predicted molar refractivity (Wildman–Crippen MR) is 35.3 cm³/mol. The summed E-state index contributed by atoms with van der Waals surface area (Å²) in [6.45, 7) is 0. The van der Waals surface area contributed by atoms with E-state index in [1.807, 2.05) is 0 Å². The Balaban J connectivity index is 2.51. The molecule has 0 saturated heterocycles. The number of carboxylic acid groups (broad SMARTS) is 1. The molecule has 0 spiro atoms. The molecule has 60 valence electrons. The summed E-state index contributed by atoms with van der Waals surface area (Å²) in [6, 6.07) is 0. The Morgan fingerprint density at radius 2 is 2.45 bits per heavy atom. The molecule has 0 atom stereocenters. The van der Waals surface area contributed by atoms with E-state index in [1.165, 1.54) is 6.20 Å². The Bertz CT molecular complexity index is 298. The van der Waals surface area contributed by atoms with Gasteiger partial charge >= 0.3 is 11.7 Å². The van der Waals surface area contributed by atoms with Crippen molar-refractivity contribution in [1.29, 1.82) is 0 Å². The molecule has 0 aliphatic heterocycles. The molecule has 11 heavy (non-hydrogen) atoms. The topological polar surface area (TPSA) is 83.3 Å². The molecule has 1 aromatic rings. The van der Waals surface area contributed by atoms with E-state index >= 15 is 0 Å². The van der Waals surface area contributed by atoms with Crippen molar-refractivity contribution in [3.8, 4) is 0 Å². The summed E-state index contributed by atoms with van der Waals surface area (Å²) in [7, 11) is 0. The molecular weight excluding hydrogens is 150 g/mol. The van der Waals surface area contributed by atoms with Crippen LogP contribution >= 0.6 is 0 Å². The lowest BCUT2D eigenvalue weighted by Crippen LogP contribution is -1.97. The number of oxazole rings is 1. The number of rotatable bonds is 3. The van der Waals surface area contributed by atoms with Crippen LogP contribution in [0.4, 0.5) is 0 Å². The Labute approximate surface area is 61.7 Å². The van der Waals surface area contributed by atoms with E-state index in [0.717, 1.165) is 0 Å². The molecule has 1 aromatic heterocycles. The van der Waals surface area contributed by atoms with Crippen LogP contribution < -0.4 is 5.76 Å². The van der Waals surface area contributed by atoms with Gasteiger partial charge in [0.05, 0.1) is 6.42 Å². The van der Waals surface area contributed by atoms with Crippen molar-refractivity contribution in [3.63, 3.8) is 0 Å². The number of carbonyl (C=O) groups is 1. The van der Waals surface area contributed by atoms with Gasteiger partial charge in [0.2, 0.25) is 0 Å². The number of aliphatic carboxylic acids is 1. The van der Waals surface area contributed by atoms with E-state index in [0.29, 0.717) is 5.76 Å². The van der Waals surface area contributed by atoms with Gasteiger partial charge in [0.25, 0.3) is 0 Å². The van der Waals surface area contributed by atoms with Gasteiger partial charge in [-0.25, -0.2) is 4.79 Å². The molecule has 0 saturated carbocycles. The Hall–Kier alpha value is -1.52. The Kier molecular flexibility index (Phi) is 2.10. The van der Waals surface area contributed by atoms with Gasteiger partial charge in [-0.15, -0.1) is 0 Å². The molecule has 0 radical (unpaired) electrons. The summed E-state index contributed by atoms with van der Waals surface area (Å²) in [5, 5.41) is 8.25. The molecule has 2 N–H and O–H groups in total. The molecule has 5 nitrogen and oxygen atoms in total. The first-order valence-corrected chi connectivity index (χ1v) is 3.07. The molecule has 0 bridgehead atoms. The monoisotopic (exact) mass is 157 g/mol. The highest BCUT2D eigenvalue weighted by Crippen LogP contribution is 1.97. The van der Waals surface area contributed by atoms with E-state index < -0.39 is 11.7 Å². The van der Waals surface area contributed by atoms with Gasteiger partial charge in [0.1, 0.15) is 5.76 Å². The van der Waals surface area contributed by atoms with E-state index in [4.69, 9.17) is 5.11 Å². The number of aryl methyl sites for hydroxylation is 1. The molecule has 1 rings (SSSR count). The van der Waals surface area contributed by atoms with E-state index in [9.17, 15) is 9.59 Å². The molecule has 0 unspecified atom stereocenters. The van der Waals surface area contributed by atoms with Crippen molar-refractivity contribution in [2.24, 2.45) is 0 Å². The number of hydrogen-bond donors (Lipinski definition) is 2. The third-order valence-corrected chi connectivity index (χ3v) is 1.16. The van der Waals surface area contributed by atoms with E-state index in [1.54, 1.807) is 0 Å². The third-order valence-electron chi connectivity index (χ3n) is 1.16. The number of hydrogen-bond acceptors (Lipinski definition) is 3. The molecule has 0 aliphatic carbocycles. The van der Waals surface area contributed by atoms with Crippen LogP contribution in [0.25, 0.3) is 0 Å². The summed E-state index contributed by atoms with van der Waals surface area (Å²) in [5.74, 6) is -1.09. The van der Waals surface area contributed by atoms with Crippen LogP contribution in [-0.2, 0) is 11.2 Å². The normalized spacial score (nSPS) is 9.82. The maximum absolute atomic E-state index is 10.4. The molecule has 0 amide bonds. The minimum Gasteiger partial charge on any atom is -0.481 e. The van der Waals surface area contributed by atoms with Crippen molar-refractivity contribution in [1.82, 2.24) is 4.98 Å². The first-order valence-electron chi connectivity index (χ1n) is 3.07. The fraction of sp³-hybridized carbons (Fsp3) is 0.333. The minimum absolute atomic E-state index is 0.0270. The van der Waals surface area contributed by atoms with Crippen molar-refractivity contribution in [2.75, 3.05) is 0 Å². The average molecular weight is 157 g/mol. The Morgan fingerprint density at radius 1 is 1.73 bits per heavy atom. The summed E-state index contributed by atoms with van der Waals surface area (Å²) >= 11 is 0. The second kappa shape index (κ2) is 3.05. The largest absolute Gasteiger partial charge is 0.481 e. The van der Waals surface area contributed by atoms with Gasteiger partial charge in [0.15, 0.2) is 0 Å². The molecule has 0 aromatic carbocycles. The zero-order valence-electron chi connectivity index (χ0n) is 5.66. The predicted octanol–water partition coefficient (Wildman–Crippen LogP) is -0.0149. The number of nitrogens with one attached hydrogen (secondary N) is 1. The number of aromatic amines is 1. The smallest absolute Gasteiger partial charge is 0.416 e. The zero-order valence-corrected chi connectivity index (χ0v) is 5.66. The van der Waals surface area contributed by atoms with Crippen LogP contribution in [0.1, 0.15) is 12.2 Å². The van der Waals surface area contributed by atoms with Crippen LogP contribution in [0.15, 0.2) is 15.4 Å². The summed E-state index contributed by atoms with van der Waals surface area (Å²) in [6.07, 6.45) is 1.58. The van der Waals surface area contributed by atoms with Crippen LogP contribution in [-0.4, -0.2) is 16.1 Å². The van der Waals surface area contributed by atoms with Crippen molar-refractivity contribution < 1.29 is 14.3 Å². The van der Waals surface area contributed by atoms with Crippen molar-refractivity contribution >= 4 is 5.97 Å². The minimum atomic E-state index is -0.908. The van der Waals surface area contributed by atoms with Crippen molar-refractivity contribution in [3.05, 3.63) is 22.5 Å². The summed E-state index contributed by atoms with van der Waals surface area (Å²) in [4.78, 5) is 22.7. The van der Waals surface area contributed by atoms with Crippen molar-refractivity contribution in [2.45, 2.75) is 12.8 Å². The third kappa shape index (κ3) is 2.29. The van der Waals surface area contributed by atoms with Crippen LogP contribution in [0, 0.1) is 0 Å². The molecule has 1 heterocycles. The van der Waals surface area contributed by atoms with Crippen LogP contribution in [0.3, 0.4) is 0 Å². The average Bonchev–Trinajstić information content (AvgIpc) is 2.31. The van der Waals surface area contributed by atoms with Gasteiger partial charge in [-0.3, -0.25) is 9.78 Å². The lowest BCUT2D eigenvalue weighted by molar-refractivity contribution is -0.137. The fourth-order valence-corrected chi connectivity index (χ4v) is 0.671. The quantitative estimate of drug-likeness (QED) is 0.646. The SMILES string of the molecule is O=C(O)CCc1c[nH]c(=O)o1. The maximum atomic E-state index is 10.4. The molecule has 0 aliphatic rings. The lowest BCUT2D eigenvalue weighted by Gasteiger charge is -1.87. The highest BCUT2D eigenvalue weighted by molar-refractivity contribution is 5.66. The second-order valence-corrected chi connectivity index (χ2v) is 2.04. The molecule has 0 fully saturated rings. The first-order chi connectivity index (χ1) is 5.18. The van der Waals surface area contributed by atoms with E-state index in [-0.39, 0.29) is 12.8 Å². The summed E-state index contributed by atoms with van der Waals surface area (Å²) < 4.78 is 4.56. The highest BCUT2D eigenvalue weighted by atomic mass is 16.4. The number of carboxylic acids is 1. The van der Waals surface area contributed by atoms with Gasteiger partial charge in [-0.1, -0.05) is 0 Å². The lowest BCUT2D eigenvalue weighted by atomic mass is 10.3. The van der Waals surface area contributed by atoms with Gasteiger partial charge in [-0.2, -0.15) is 0 Å². The first kappa shape index (κ1) is 7.59. The number of aromatic nitrogens is 1. The van der Waals surface area contributed by atoms with Gasteiger partial charge in [-0.05, 0) is 0 Å². The van der Waals surface area contributed by atoms with E-state index in [2.05, 4.69) is 9.40 Å². The van der Waals surface area contributed by atoms with Gasteiger partial charge in [0, 0.05) is 12.6 Å². The Morgan fingerprint density at radius 3 is 2.91 bits per heavy atom. The number of H-pyrrole nitrogens is 1. The zero-order chi connectivity index (χ0) is 8.27. The fourth-order valence-electron chi connectivity index (χ4n) is 0.671. The molecular formula is C6H7NO4. The van der Waals surface area contributed by atoms with Gasteiger partial charge < -0.3 is 9.52 Å². The summed E-state index contributed by atoms with van der Waals surface area (Å²) in [5.41, 5.74) is 0. The van der Waals surface area contributed by atoms with Crippen LogP contribution in [0.2, 0.25) is 0 Å². The second-order valence-electron chi connectivity index (χ2n) is 2.04. The van der Waals surface area contributed by atoms with Crippen LogP contribution in [0.5, 0.6) is 0 Å². The maximum Gasteiger partial charge on any atom is 0.416 e.